The summed E-state index contributed by atoms with van der Waals surface area (Å²) in [6.45, 7) is 1.26. The molecular formula is C24H24N2O3. The van der Waals surface area contributed by atoms with E-state index in [0.29, 0.717) is 19.4 Å². The normalized spacial score (nSPS) is 15.9. The molecule has 0 unspecified atom stereocenters. The van der Waals surface area contributed by atoms with Crippen molar-refractivity contribution in [1.82, 2.24) is 5.32 Å². The van der Waals surface area contributed by atoms with Gasteiger partial charge in [0.25, 0.3) is 0 Å². The molecule has 0 bridgehead atoms. The summed E-state index contributed by atoms with van der Waals surface area (Å²) in [5, 5.41) is 4.05. The van der Waals surface area contributed by atoms with Crippen molar-refractivity contribution >= 4 is 28.5 Å². The Bertz CT molecular complexity index is 1080. The van der Waals surface area contributed by atoms with Gasteiger partial charge in [-0.15, -0.1) is 0 Å². The van der Waals surface area contributed by atoms with Crippen LogP contribution in [0.2, 0.25) is 0 Å². The number of hydrogen-bond acceptors (Lipinski definition) is 3. The van der Waals surface area contributed by atoms with E-state index in [1.807, 2.05) is 29.2 Å². The zero-order chi connectivity index (χ0) is 19.8. The van der Waals surface area contributed by atoms with Crippen LogP contribution in [-0.4, -0.2) is 18.4 Å². The lowest BCUT2D eigenvalue weighted by Crippen LogP contribution is -2.25. The van der Waals surface area contributed by atoms with Crippen molar-refractivity contribution in [2.45, 2.75) is 45.1 Å². The van der Waals surface area contributed by atoms with Crippen LogP contribution < -0.4 is 10.2 Å². The molecule has 0 saturated carbocycles. The minimum Gasteiger partial charge on any atom is -0.464 e. The standard InChI is InChI=1S/C24H24N2O3/c27-23(13-19-15-29-22-12-18-4-1-3-17(18)11-21(19)22)25-14-16-6-8-20(9-7-16)26-10-2-5-24(26)28/h6-9,11-12,15H,1-5,10,13-14H2,(H,25,27). The minimum atomic E-state index is -0.0213. The fraction of sp³-hybridized carbons (Fsp3) is 0.333. The third-order valence-electron chi connectivity index (χ3n) is 6.03. The van der Waals surface area contributed by atoms with Gasteiger partial charge in [-0.3, -0.25) is 9.59 Å². The van der Waals surface area contributed by atoms with Crippen molar-refractivity contribution in [2.75, 3.05) is 11.4 Å². The fourth-order valence-corrected chi connectivity index (χ4v) is 4.44. The van der Waals surface area contributed by atoms with Gasteiger partial charge in [-0.1, -0.05) is 12.1 Å². The molecule has 1 aliphatic carbocycles. The quantitative estimate of drug-likeness (QED) is 0.721. The van der Waals surface area contributed by atoms with Crippen molar-refractivity contribution in [3.05, 3.63) is 64.9 Å². The van der Waals surface area contributed by atoms with Gasteiger partial charge < -0.3 is 14.6 Å². The number of nitrogens with zero attached hydrogens (tertiary/aromatic N) is 1. The number of amides is 2. The number of rotatable bonds is 5. The molecule has 29 heavy (non-hydrogen) atoms. The van der Waals surface area contributed by atoms with Crippen LogP contribution in [0.5, 0.6) is 0 Å². The van der Waals surface area contributed by atoms with Crippen LogP contribution in [0.4, 0.5) is 5.69 Å². The topological polar surface area (TPSA) is 62.6 Å². The van der Waals surface area contributed by atoms with Crippen molar-refractivity contribution in [2.24, 2.45) is 0 Å². The maximum Gasteiger partial charge on any atom is 0.227 e. The van der Waals surface area contributed by atoms with E-state index in [1.165, 1.54) is 17.5 Å². The summed E-state index contributed by atoms with van der Waals surface area (Å²) in [6, 6.07) is 12.2. The molecule has 148 valence electrons. The van der Waals surface area contributed by atoms with Gasteiger partial charge in [-0.2, -0.15) is 0 Å². The summed E-state index contributed by atoms with van der Waals surface area (Å²) >= 11 is 0. The zero-order valence-electron chi connectivity index (χ0n) is 16.4. The third-order valence-corrected chi connectivity index (χ3v) is 6.03. The number of carbonyl (C=O) groups is 2. The molecule has 1 N–H and O–H groups in total. The van der Waals surface area contributed by atoms with Crippen LogP contribution in [0.25, 0.3) is 11.0 Å². The Labute approximate surface area is 169 Å². The Morgan fingerprint density at radius 2 is 1.83 bits per heavy atom. The zero-order valence-corrected chi connectivity index (χ0v) is 16.4. The number of anilines is 1. The van der Waals surface area contributed by atoms with E-state index >= 15 is 0 Å². The van der Waals surface area contributed by atoms with Gasteiger partial charge in [0.05, 0.1) is 12.7 Å². The van der Waals surface area contributed by atoms with E-state index in [4.69, 9.17) is 4.42 Å². The highest BCUT2D eigenvalue weighted by Crippen LogP contribution is 2.30. The third kappa shape index (κ3) is 3.53. The molecular weight excluding hydrogens is 364 g/mol. The SMILES string of the molecule is O=C(Cc1coc2cc3c(cc12)CCC3)NCc1ccc(N2CCCC2=O)cc1. The average Bonchev–Trinajstić information content (AvgIpc) is 3.45. The summed E-state index contributed by atoms with van der Waals surface area (Å²) < 4.78 is 5.70. The Hall–Kier alpha value is -3.08. The van der Waals surface area contributed by atoms with Crippen LogP contribution in [0.15, 0.2) is 47.1 Å². The maximum absolute atomic E-state index is 12.5. The second-order valence-corrected chi connectivity index (χ2v) is 8.00. The Morgan fingerprint density at radius 1 is 1.03 bits per heavy atom. The molecule has 0 spiro atoms. The van der Waals surface area contributed by atoms with Gasteiger partial charge in [0.15, 0.2) is 0 Å². The molecule has 0 atom stereocenters. The number of hydrogen-bond donors (Lipinski definition) is 1. The van der Waals surface area contributed by atoms with Crippen molar-refractivity contribution in [3.8, 4) is 0 Å². The average molecular weight is 388 g/mol. The molecule has 5 heteroatoms. The van der Waals surface area contributed by atoms with E-state index in [0.717, 1.165) is 53.6 Å². The van der Waals surface area contributed by atoms with Gasteiger partial charge in [0.1, 0.15) is 5.58 Å². The van der Waals surface area contributed by atoms with Crippen LogP contribution >= 0.6 is 0 Å². The fourth-order valence-electron chi connectivity index (χ4n) is 4.44. The number of carbonyl (C=O) groups excluding carboxylic acids is 2. The maximum atomic E-state index is 12.5. The summed E-state index contributed by atoms with van der Waals surface area (Å²) in [5.74, 6) is 0.163. The van der Waals surface area contributed by atoms with E-state index in [9.17, 15) is 9.59 Å². The Balaban J connectivity index is 1.21. The molecule has 1 fully saturated rings. The van der Waals surface area contributed by atoms with Gasteiger partial charge in [-0.05, 0) is 66.6 Å². The van der Waals surface area contributed by atoms with Crippen molar-refractivity contribution in [3.63, 3.8) is 0 Å². The number of fused-ring (bicyclic) bond motifs is 2. The lowest BCUT2D eigenvalue weighted by molar-refractivity contribution is -0.120. The van der Waals surface area contributed by atoms with Crippen molar-refractivity contribution < 1.29 is 14.0 Å². The number of nitrogens with one attached hydrogen (secondary N) is 1. The number of furan rings is 1. The Kier molecular flexibility index (Phi) is 4.58. The lowest BCUT2D eigenvalue weighted by Gasteiger charge is -2.16. The first-order valence-corrected chi connectivity index (χ1v) is 10.4. The molecule has 5 rings (SSSR count). The first-order valence-electron chi connectivity index (χ1n) is 10.4. The summed E-state index contributed by atoms with van der Waals surface area (Å²) in [6.07, 6.45) is 6.99. The highest BCUT2D eigenvalue weighted by Gasteiger charge is 2.21. The number of benzene rings is 2. The summed E-state index contributed by atoms with van der Waals surface area (Å²) in [4.78, 5) is 26.1. The minimum absolute atomic E-state index is 0.0213. The summed E-state index contributed by atoms with van der Waals surface area (Å²) in [7, 11) is 0. The van der Waals surface area contributed by atoms with Crippen molar-refractivity contribution in [1.29, 1.82) is 0 Å². The first-order chi connectivity index (χ1) is 14.2. The summed E-state index contributed by atoms with van der Waals surface area (Å²) in [5.41, 5.74) is 6.53. The number of aryl methyl sites for hydroxylation is 2. The molecule has 3 aromatic rings. The van der Waals surface area contributed by atoms with E-state index < -0.39 is 0 Å². The van der Waals surface area contributed by atoms with Crippen LogP contribution in [0, 0.1) is 0 Å². The molecule has 2 amide bonds. The van der Waals surface area contributed by atoms with Crippen LogP contribution in [0.3, 0.4) is 0 Å². The molecule has 2 heterocycles. The van der Waals surface area contributed by atoms with E-state index in [1.54, 1.807) is 6.26 Å². The molecule has 1 aliphatic heterocycles. The molecule has 0 radical (unpaired) electrons. The molecule has 1 saturated heterocycles. The van der Waals surface area contributed by atoms with Gasteiger partial charge in [0, 0.05) is 36.1 Å². The monoisotopic (exact) mass is 388 g/mol. The van der Waals surface area contributed by atoms with E-state index in [-0.39, 0.29) is 11.8 Å². The molecule has 2 aliphatic rings. The highest BCUT2D eigenvalue weighted by atomic mass is 16.3. The Morgan fingerprint density at radius 3 is 2.59 bits per heavy atom. The molecule has 5 nitrogen and oxygen atoms in total. The lowest BCUT2D eigenvalue weighted by atomic mass is 10.0. The van der Waals surface area contributed by atoms with Gasteiger partial charge in [-0.25, -0.2) is 0 Å². The first kappa shape index (κ1) is 18.0. The molecule has 1 aromatic heterocycles. The second kappa shape index (κ2) is 7.39. The van der Waals surface area contributed by atoms with Gasteiger partial charge >= 0.3 is 0 Å². The van der Waals surface area contributed by atoms with Crippen LogP contribution in [0.1, 0.15) is 41.5 Å². The van der Waals surface area contributed by atoms with Gasteiger partial charge in [0.2, 0.25) is 11.8 Å². The van der Waals surface area contributed by atoms with Crippen LogP contribution in [-0.2, 0) is 35.4 Å². The largest absolute Gasteiger partial charge is 0.464 e. The predicted octanol–water partition coefficient (Wildman–Crippen LogP) is 3.91. The highest BCUT2D eigenvalue weighted by molar-refractivity contribution is 5.95. The predicted molar refractivity (Wildman–Crippen MR) is 112 cm³/mol. The second-order valence-electron chi connectivity index (χ2n) is 8.00. The van der Waals surface area contributed by atoms with E-state index in [2.05, 4.69) is 17.4 Å². The smallest absolute Gasteiger partial charge is 0.227 e. The molecule has 2 aromatic carbocycles.